The number of H-pyrrole nitrogens is 1. The van der Waals surface area contributed by atoms with Crippen LogP contribution in [0.15, 0.2) is 93.1 Å². The second kappa shape index (κ2) is 8.47. The van der Waals surface area contributed by atoms with Crippen LogP contribution in [-0.4, -0.2) is 21.8 Å². The SMILES string of the molecule is Cc1[nH]n(-c2ccccc2)c(=O)c1C=Nc1ccc(Br)cc1C(=O)c1ccccc1. The fraction of sp³-hybridized carbons (Fsp3) is 0.0417. The second-order valence-electron chi connectivity index (χ2n) is 6.74. The van der Waals surface area contributed by atoms with Gasteiger partial charge < -0.3 is 0 Å². The van der Waals surface area contributed by atoms with E-state index in [1.165, 1.54) is 10.9 Å². The number of para-hydroxylation sites is 1. The Labute approximate surface area is 181 Å². The highest BCUT2D eigenvalue weighted by atomic mass is 79.9. The number of halogens is 1. The van der Waals surface area contributed by atoms with Crippen LogP contribution in [0.4, 0.5) is 5.69 Å². The molecule has 0 radical (unpaired) electrons. The van der Waals surface area contributed by atoms with Gasteiger partial charge in [0.25, 0.3) is 5.56 Å². The number of rotatable bonds is 5. The largest absolute Gasteiger partial charge is 0.295 e. The number of nitrogens with one attached hydrogen (secondary N) is 1. The summed E-state index contributed by atoms with van der Waals surface area (Å²) in [5, 5.41) is 3.08. The molecule has 0 spiro atoms. The Hall–Kier alpha value is -3.51. The van der Waals surface area contributed by atoms with Crippen LogP contribution in [0.5, 0.6) is 0 Å². The Balaban J connectivity index is 1.73. The molecule has 30 heavy (non-hydrogen) atoms. The van der Waals surface area contributed by atoms with Crippen LogP contribution >= 0.6 is 15.9 Å². The van der Waals surface area contributed by atoms with Crippen molar-refractivity contribution in [2.24, 2.45) is 4.99 Å². The molecule has 1 N–H and O–H groups in total. The molecule has 0 fully saturated rings. The minimum absolute atomic E-state index is 0.128. The van der Waals surface area contributed by atoms with Gasteiger partial charge in [-0.1, -0.05) is 64.5 Å². The topological polar surface area (TPSA) is 67.2 Å². The maximum Gasteiger partial charge on any atom is 0.280 e. The number of nitrogens with zero attached hydrogens (tertiary/aromatic N) is 2. The average Bonchev–Trinajstić information content (AvgIpc) is 3.07. The van der Waals surface area contributed by atoms with E-state index in [0.717, 1.165) is 10.2 Å². The van der Waals surface area contributed by atoms with Gasteiger partial charge in [-0.15, -0.1) is 0 Å². The number of hydrogen-bond donors (Lipinski definition) is 1. The molecule has 4 aromatic rings. The van der Waals surface area contributed by atoms with Crippen molar-refractivity contribution < 1.29 is 4.79 Å². The van der Waals surface area contributed by atoms with Crippen molar-refractivity contribution in [3.63, 3.8) is 0 Å². The van der Waals surface area contributed by atoms with Crippen LogP contribution in [-0.2, 0) is 0 Å². The molecule has 0 saturated carbocycles. The number of ketones is 1. The highest BCUT2D eigenvalue weighted by Crippen LogP contribution is 2.26. The Morgan fingerprint density at radius 1 is 1.00 bits per heavy atom. The summed E-state index contributed by atoms with van der Waals surface area (Å²) in [6.07, 6.45) is 1.51. The van der Waals surface area contributed by atoms with Crippen molar-refractivity contribution in [1.82, 2.24) is 9.78 Å². The van der Waals surface area contributed by atoms with Gasteiger partial charge >= 0.3 is 0 Å². The van der Waals surface area contributed by atoms with Gasteiger partial charge in [0.05, 0.1) is 16.9 Å². The summed E-state index contributed by atoms with van der Waals surface area (Å²) < 4.78 is 2.26. The van der Waals surface area contributed by atoms with Gasteiger partial charge in [-0.2, -0.15) is 0 Å². The molecule has 4 rings (SSSR count). The van der Waals surface area contributed by atoms with E-state index in [4.69, 9.17) is 0 Å². The maximum absolute atomic E-state index is 13.0. The van der Waals surface area contributed by atoms with Crippen molar-refractivity contribution >= 4 is 33.6 Å². The Bertz CT molecular complexity index is 1290. The molecule has 0 aliphatic rings. The predicted molar refractivity (Wildman–Crippen MR) is 122 cm³/mol. The van der Waals surface area contributed by atoms with Crippen molar-refractivity contribution in [3.8, 4) is 5.69 Å². The van der Waals surface area contributed by atoms with E-state index in [1.54, 1.807) is 24.3 Å². The summed E-state index contributed by atoms with van der Waals surface area (Å²) in [6, 6.07) is 23.7. The summed E-state index contributed by atoms with van der Waals surface area (Å²) >= 11 is 3.42. The number of aryl methyl sites for hydroxylation is 1. The van der Waals surface area contributed by atoms with Crippen LogP contribution in [0.2, 0.25) is 0 Å². The molecule has 3 aromatic carbocycles. The normalized spacial score (nSPS) is 11.1. The van der Waals surface area contributed by atoms with Crippen LogP contribution in [0.3, 0.4) is 0 Å². The fourth-order valence-corrected chi connectivity index (χ4v) is 3.51. The quantitative estimate of drug-likeness (QED) is 0.328. The zero-order chi connectivity index (χ0) is 21.1. The van der Waals surface area contributed by atoms with E-state index in [-0.39, 0.29) is 11.3 Å². The van der Waals surface area contributed by atoms with Crippen LogP contribution in [0.25, 0.3) is 5.69 Å². The molecular weight excluding hydrogens is 442 g/mol. The Kier molecular flexibility index (Phi) is 5.59. The molecule has 0 saturated heterocycles. The minimum atomic E-state index is -0.199. The van der Waals surface area contributed by atoms with Gasteiger partial charge in [0.1, 0.15) is 0 Å². The first kappa shape index (κ1) is 19.8. The predicted octanol–water partition coefficient (Wildman–Crippen LogP) is 5.22. The van der Waals surface area contributed by atoms with Crippen molar-refractivity contribution in [2.75, 3.05) is 0 Å². The van der Waals surface area contributed by atoms with Crippen LogP contribution < -0.4 is 5.56 Å². The van der Waals surface area contributed by atoms with Crippen molar-refractivity contribution in [1.29, 1.82) is 0 Å². The summed E-state index contributed by atoms with van der Waals surface area (Å²) in [7, 11) is 0. The highest BCUT2D eigenvalue weighted by Gasteiger charge is 2.15. The van der Waals surface area contributed by atoms with Gasteiger partial charge in [0.15, 0.2) is 5.78 Å². The third-order valence-electron chi connectivity index (χ3n) is 4.70. The number of benzene rings is 3. The lowest BCUT2D eigenvalue weighted by molar-refractivity contribution is 0.103. The number of aromatic nitrogens is 2. The van der Waals surface area contributed by atoms with E-state index < -0.39 is 0 Å². The number of carbonyl (C=O) groups excluding carboxylic acids is 1. The molecule has 0 atom stereocenters. The lowest BCUT2D eigenvalue weighted by atomic mass is 10.0. The molecule has 0 aliphatic carbocycles. The molecule has 148 valence electrons. The lowest BCUT2D eigenvalue weighted by Crippen LogP contribution is -2.17. The van der Waals surface area contributed by atoms with Gasteiger partial charge in [-0.3, -0.25) is 19.7 Å². The first-order chi connectivity index (χ1) is 14.5. The standard InChI is InChI=1S/C24H18BrN3O2/c1-16-21(24(30)28(27-16)19-10-6-3-7-11-19)15-26-22-13-12-18(25)14-20(22)23(29)17-8-4-2-5-9-17/h2-15,27H,1H3. The number of hydrogen-bond acceptors (Lipinski definition) is 3. The van der Waals surface area contributed by atoms with Crippen LogP contribution in [0, 0.1) is 6.92 Å². The summed E-state index contributed by atoms with van der Waals surface area (Å²) in [5.41, 5.74) is 3.22. The molecule has 0 unspecified atom stereocenters. The molecule has 0 bridgehead atoms. The highest BCUT2D eigenvalue weighted by molar-refractivity contribution is 9.10. The van der Waals surface area contributed by atoms with E-state index in [0.29, 0.717) is 28.1 Å². The monoisotopic (exact) mass is 459 g/mol. The van der Waals surface area contributed by atoms with Gasteiger partial charge in [0, 0.05) is 27.5 Å². The zero-order valence-electron chi connectivity index (χ0n) is 16.2. The molecule has 5 nitrogen and oxygen atoms in total. The van der Waals surface area contributed by atoms with Gasteiger partial charge in [-0.25, -0.2) is 4.68 Å². The zero-order valence-corrected chi connectivity index (χ0v) is 17.8. The first-order valence-electron chi connectivity index (χ1n) is 9.35. The lowest BCUT2D eigenvalue weighted by Gasteiger charge is -2.06. The first-order valence-corrected chi connectivity index (χ1v) is 10.1. The Morgan fingerprint density at radius 3 is 2.37 bits per heavy atom. The number of carbonyl (C=O) groups is 1. The van der Waals surface area contributed by atoms with Crippen molar-refractivity contribution in [3.05, 3.63) is 116 Å². The fourth-order valence-electron chi connectivity index (χ4n) is 3.15. The third-order valence-corrected chi connectivity index (χ3v) is 5.20. The smallest absolute Gasteiger partial charge is 0.280 e. The molecule has 0 amide bonds. The van der Waals surface area contributed by atoms with Gasteiger partial charge in [0.2, 0.25) is 0 Å². The summed E-state index contributed by atoms with van der Waals surface area (Å²) in [4.78, 5) is 30.4. The maximum atomic E-state index is 13.0. The molecule has 0 aliphatic heterocycles. The summed E-state index contributed by atoms with van der Waals surface area (Å²) in [6.45, 7) is 1.82. The number of aromatic amines is 1. The van der Waals surface area contributed by atoms with E-state index in [9.17, 15) is 9.59 Å². The van der Waals surface area contributed by atoms with E-state index in [2.05, 4.69) is 26.0 Å². The molecule has 1 heterocycles. The second-order valence-corrected chi connectivity index (χ2v) is 7.66. The molecular formula is C24H18BrN3O2. The third kappa shape index (κ3) is 3.95. The average molecular weight is 460 g/mol. The Morgan fingerprint density at radius 2 is 1.67 bits per heavy atom. The number of aliphatic imine (C=N–C) groups is 1. The van der Waals surface area contributed by atoms with E-state index in [1.807, 2.05) is 61.5 Å². The summed E-state index contributed by atoms with van der Waals surface area (Å²) in [5.74, 6) is -0.128. The van der Waals surface area contributed by atoms with Crippen molar-refractivity contribution in [2.45, 2.75) is 6.92 Å². The van der Waals surface area contributed by atoms with Gasteiger partial charge in [-0.05, 0) is 37.3 Å². The van der Waals surface area contributed by atoms with E-state index >= 15 is 0 Å². The van der Waals surface area contributed by atoms with Crippen LogP contribution in [0.1, 0.15) is 27.2 Å². The minimum Gasteiger partial charge on any atom is -0.295 e. The molecule has 6 heteroatoms. The molecule has 1 aromatic heterocycles.